The zero-order valence-electron chi connectivity index (χ0n) is 8.48. The first-order chi connectivity index (χ1) is 7.43. The van der Waals surface area contributed by atoms with Crippen molar-refractivity contribution in [2.45, 2.75) is 18.8 Å². The van der Waals surface area contributed by atoms with E-state index in [4.69, 9.17) is 0 Å². The molecule has 0 amide bonds. The number of aromatic nitrogens is 2. The molecular weight excluding hydrogens is 186 g/mol. The first-order valence-corrected chi connectivity index (χ1v) is 5.35. The van der Waals surface area contributed by atoms with Gasteiger partial charge < -0.3 is 4.98 Å². The smallest absolute Gasteiger partial charge is 0.0878 e. The highest BCUT2D eigenvalue weighted by atomic mass is 14.8. The molecule has 2 aromatic rings. The molecule has 0 saturated carbocycles. The van der Waals surface area contributed by atoms with Gasteiger partial charge in [-0.15, -0.1) is 0 Å². The SMILES string of the molecule is C1=NCCC(c2cnc3cc[nH]c3c2)C1. The second kappa shape index (κ2) is 3.50. The Hall–Kier alpha value is -1.64. The average molecular weight is 199 g/mol. The van der Waals surface area contributed by atoms with Gasteiger partial charge in [0.25, 0.3) is 0 Å². The molecule has 0 saturated heterocycles. The van der Waals surface area contributed by atoms with Crippen LogP contribution >= 0.6 is 0 Å². The van der Waals surface area contributed by atoms with Gasteiger partial charge in [-0.25, -0.2) is 0 Å². The summed E-state index contributed by atoms with van der Waals surface area (Å²) in [6.45, 7) is 0.952. The summed E-state index contributed by atoms with van der Waals surface area (Å²) in [6.07, 6.45) is 8.16. The molecule has 0 fully saturated rings. The molecule has 0 bridgehead atoms. The molecule has 3 rings (SSSR count). The number of H-pyrrole nitrogens is 1. The zero-order chi connectivity index (χ0) is 10.1. The molecule has 0 radical (unpaired) electrons. The van der Waals surface area contributed by atoms with Crippen molar-refractivity contribution >= 4 is 17.2 Å². The van der Waals surface area contributed by atoms with Crippen LogP contribution in [0.15, 0.2) is 29.5 Å². The Morgan fingerprint density at radius 2 is 2.40 bits per heavy atom. The Labute approximate surface area is 88.3 Å². The first kappa shape index (κ1) is 8.65. The standard InChI is InChI=1S/C12H13N3/c1-4-13-5-2-9(1)10-7-12-11(15-8-10)3-6-14-12/h3-4,6-9,14H,1-2,5H2. The minimum atomic E-state index is 0.600. The van der Waals surface area contributed by atoms with E-state index in [1.54, 1.807) is 0 Å². The zero-order valence-corrected chi connectivity index (χ0v) is 8.48. The van der Waals surface area contributed by atoms with Crippen LogP contribution in [0, 0.1) is 0 Å². The maximum absolute atomic E-state index is 4.44. The van der Waals surface area contributed by atoms with E-state index in [0.717, 1.165) is 30.4 Å². The fraction of sp³-hybridized carbons (Fsp3) is 0.333. The largest absolute Gasteiger partial charge is 0.360 e. The Bertz CT molecular complexity index is 498. The normalized spacial score (nSPS) is 20.9. The molecule has 1 unspecified atom stereocenters. The van der Waals surface area contributed by atoms with E-state index in [2.05, 4.69) is 21.0 Å². The second-order valence-electron chi connectivity index (χ2n) is 3.99. The summed E-state index contributed by atoms with van der Waals surface area (Å²) >= 11 is 0. The Morgan fingerprint density at radius 1 is 1.40 bits per heavy atom. The lowest BCUT2D eigenvalue weighted by atomic mass is 9.92. The van der Waals surface area contributed by atoms with Crippen molar-refractivity contribution < 1.29 is 0 Å². The van der Waals surface area contributed by atoms with E-state index in [-0.39, 0.29) is 0 Å². The lowest BCUT2D eigenvalue weighted by molar-refractivity contribution is 0.636. The van der Waals surface area contributed by atoms with Crippen LogP contribution in [0.4, 0.5) is 0 Å². The Kier molecular flexibility index (Phi) is 2.02. The van der Waals surface area contributed by atoms with Crippen LogP contribution in [0.1, 0.15) is 24.3 Å². The summed E-state index contributed by atoms with van der Waals surface area (Å²) in [5.74, 6) is 0.600. The van der Waals surface area contributed by atoms with Gasteiger partial charge in [0.1, 0.15) is 0 Å². The molecule has 1 N–H and O–H groups in total. The molecule has 3 nitrogen and oxygen atoms in total. The maximum atomic E-state index is 4.44. The highest BCUT2D eigenvalue weighted by Crippen LogP contribution is 2.26. The second-order valence-corrected chi connectivity index (χ2v) is 3.99. The van der Waals surface area contributed by atoms with Gasteiger partial charge in [-0.2, -0.15) is 0 Å². The number of aliphatic imine (C=N–C) groups is 1. The van der Waals surface area contributed by atoms with Gasteiger partial charge in [-0.1, -0.05) is 0 Å². The number of nitrogens with one attached hydrogen (secondary N) is 1. The molecule has 1 aliphatic heterocycles. The van der Waals surface area contributed by atoms with Gasteiger partial charge in [-0.05, 0) is 42.7 Å². The minimum absolute atomic E-state index is 0.600. The minimum Gasteiger partial charge on any atom is -0.360 e. The number of hydrogen-bond acceptors (Lipinski definition) is 2. The predicted molar refractivity (Wildman–Crippen MR) is 61.4 cm³/mol. The highest BCUT2D eigenvalue weighted by Gasteiger charge is 2.13. The van der Waals surface area contributed by atoms with Crippen LogP contribution in [0.5, 0.6) is 0 Å². The van der Waals surface area contributed by atoms with E-state index in [0.29, 0.717) is 5.92 Å². The fourth-order valence-corrected chi connectivity index (χ4v) is 2.12. The molecule has 3 heteroatoms. The van der Waals surface area contributed by atoms with Crippen LogP contribution in [-0.2, 0) is 0 Å². The highest BCUT2D eigenvalue weighted by molar-refractivity contribution is 5.75. The fourth-order valence-electron chi connectivity index (χ4n) is 2.12. The number of hydrogen-bond donors (Lipinski definition) is 1. The molecule has 3 heterocycles. The monoisotopic (exact) mass is 199 g/mol. The summed E-state index contributed by atoms with van der Waals surface area (Å²) in [5.41, 5.74) is 3.51. The summed E-state index contributed by atoms with van der Waals surface area (Å²) in [7, 11) is 0. The number of aromatic amines is 1. The van der Waals surface area contributed by atoms with Crippen LogP contribution in [0.2, 0.25) is 0 Å². The molecule has 76 valence electrons. The first-order valence-electron chi connectivity index (χ1n) is 5.35. The molecule has 0 aliphatic carbocycles. The number of nitrogens with zero attached hydrogens (tertiary/aromatic N) is 2. The number of fused-ring (bicyclic) bond motifs is 1. The number of pyridine rings is 1. The van der Waals surface area contributed by atoms with E-state index in [1.165, 1.54) is 5.56 Å². The van der Waals surface area contributed by atoms with E-state index >= 15 is 0 Å². The lowest BCUT2D eigenvalue weighted by Crippen LogP contribution is -2.06. The maximum Gasteiger partial charge on any atom is 0.0878 e. The molecule has 0 aromatic carbocycles. The third-order valence-electron chi connectivity index (χ3n) is 3.02. The molecule has 1 aliphatic rings. The summed E-state index contributed by atoms with van der Waals surface area (Å²) in [6, 6.07) is 4.22. The molecule has 15 heavy (non-hydrogen) atoms. The average Bonchev–Trinajstić information content (AvgIpc) is 2.77. The predicted octanol–water partition coefficient (Wildman–Crippen LogP) is 2.51. The van der Waals surface area contributed by atoms with Gasteiger partial charge in [0.05, 0.1) is 11.0 Å². The molecule has 0 spiro atoms. The van der Waals surface area contributed by atoms with Crippen molar-refractivity contribution in [3.05, 3.63) is 30.1 Å². The van der Waals surface area contributed by atoms with Crippen LogP contribution < -0.4 is 0 Å². The van der Waals surface area contributed by atoms with Gasteiger partial charge in [-0.3, -0.25) is 9.98 Å². The van der Waals surface area contributed by atoms with Gasteiger partial charge in [0, 0.05) is 18.9 Å². The van der Waals surface area contributed by atoms with Crippen LogP contribution in [0.3, 0.4) is 0 Å². The Balaban J connectivity index is 1.99. The van der Waals surface area contributed by atoms with E-state index < -0.39 is 0 Å². The quantitative estimate of drug-likeness (QED) is 0.753. The molecule has 1 atom stereocenters. The summed E-state index contributed by atoms with van der Waals surface area (Å²) < 4.78 is 0. The summed E-state index contributed by atoms with van der Waals surface area (Å²) in [4.78, 5) is 11.9. The van der Waals surface area contributed by atoms with E-state index in [1.807, 2.05) is 24.7 Å². The van der Waals surface area contributed by atoms with Crippen molar-refractivity contribution in [1.29, 1.82) is 0 Å². The van der Waals surface area contributed by atoms with Gasteiger partial charge in [0.15, 0.2) is 0 Å². The van der Waals surface area contributed by atoms with Crippen LogP contribution in [-0.4, -0.2) is 22.7 Å². The topological polar surface area (TPSA) is 41.0 Å². The van der Waals surface area contributed by atoms with Crippen molar-refractivity contribution in [1.82, 2.24) is 9.97 Å². The van der Waals surface area contributed by atoms with Crippen molar-refractivity contribution in [2.24, 2.45) is 4.99 Å². The third-order valence-corrected chi connectivity index (χ3v) is 3.02. The molecule has 2 aromatic heterocycles. The van der Waals surface area contributed by atoms with Crippen molar-refractivity contribution in [3.63, 3.8) is 0 Å². The summed E-state index contributed by atoms with van der Waals surface area (Å²) in [5, 5.41) is 0. The van der Waals surface area contributed by atoms with Crippen LogP contribution in [0.25, 0.3) is 11.0 Å². The Morgan fingerprint density at radius 3 is 3.27 bits per heavy atom. The molecular formula is C12H13N3. The van der Waals surface area contributed by atoms with E-state index in [9.17, 15) is 0 Å². The van der Waals surface area contributed by atoms with Gasteiger partial charge >= 0.3 is 0 Å². The number of rotatable bonds is 1. The third kappa shape index (κ3) is 1.54. The lowest BCUT2D eigenvalue weighted by Gasteiger charge is -2.16. The van der Waals surface area contributed by atoms with Crippen molar-refractivity contribution in [3.8, 4) is 0 Å². The van der Waals surface area contributed by atoms with Gasteiger partial charge in [0.2, 0.25) is 0 Å². The van der Waals surface area contributed by atoms with Crippen molar-refractivity contribution in [2.75, 3.05) is 6.54 Å².